The predicted octanol–water partition coefficient (Wildman–Crippen LogP) is 8.33. The SMILES string of the molecule is CCc1cccc(C)c1.Cc1cccc(N(C)c2ccc(C(=O)CN3C(=O)NC4(CCCCC4)C3=O)cn2)c1.O=C(CN1C(=O)NC2(CCCCC2)C1=O)c1ccc(Cl)nc1. The van der Waals surface area contributed by atoms with E-state index in [1.165, 1.54) is 35.7 Å². The molecule has 0 unspecified atom stereocenters. The zero-order valence-electron chi connectivity index (χ0n) is 35.3. The average Bonchev–Trinajstić information content (AvgIpc) is 3.62. The quantitative estimate of drug-likeness (QED) is 0.0959. The van der Waals surface area contributed by atoms with Crippen molar-refractivity contribution >= 4 is 58.5 Å². The predicted molar refractivity (Wildman–Crippen MR) is 234 cm³/mol. The third-order valence-electron chi connectivity index (χ3n) is 11.9. The molecule has 0 atom stereocenters. The Bertz CT molecular complexity index is 2250. The van der Waals surface area contributed by atoms with Crippen molar-refractivity contribution in [3.05, 3.63) is 118 Å². The summed E-state index contributed by atoms with van der Waals surface area (Å²) >= 11 is 5.68. The van der Waals surface area contributed by atoms with Crippen molar-refractivity contribution in [3.63, 3.8) is 0 Å². The lowest BCUT2D eigenvalue weighted by Crippen LogP contribution is -2.48. The number of aromatic nitrogens is 2. The lowest BCUT2D eigenvalue weighted by atomic mass is 9.82. The van der Waals surface area contributed by atoms with Crippen LogP contribution in [0, 0.1) is 13.8 Å². The number of pyridine rings is 2. The molecule has 8 rings (SSSR count). The number of benzene rings is 2. The summed E-state index contributed by atoms with van der Waals surface area (Å²) in [5.74, 6) is -0.491. The number of Topliss-reactive ketones (excluding diaryl/α,β-unsaturated/α-hetero) is 2. The Hall–Kier alpha value is -5.95. The monoisotopic (exact) mass is 847 g/mol. The number of urea groups is 2. The number of halogens is 1. The van der Waals surface area contributed by atoms with E-state index in [1.54, 1.807) is 12.1 Å². The van der Waals surface area contributed by atoms with Gasteiger partial charge in [0.2, 0.25) is 0 Å². The molecule has 320 valence electrons. The van der Waals surface area contributed by atoms with Crippen LogP contribution in [0.5, 0.6) is 0 Å². The van der Waals surface area contributed by atoms with Gasteiger partial charge in [0.25, 0.3) is 11.8 Å². The van der Waals surface area contributed by atoms with Crippen molar-refractivity contribution in [2.45, 2.75) is 102 Å². The number of aryl methyl sites for hydroxylation is 3. The largest absolute Gasteiger partial charge is 0.329 e. The van der Waals surface area contributed by atoms with Gasteiger partial charge in [0.05, 0.1) is 13.1 Å². The fraction of sp³-hybridized carbons (Fsp3) is 0.404. The fourth-order valence-electron chi connectivity index (χ4n) is 8.29. The summed E-state index contributed by atoms with van der Waals surface area (Å²) in [6, 6.07) is 22.2. The van der Waals surface area contributed by atoms with Gasteiger partial charge < -0.3 is 15.5 Å². The number of hydrogen-bond acceptors (Lipinski definition) is 9. The van der Waals surface area contributed by atoms with E-state index in [2.05, 4.69) is 64.8 Å². The summed E-state index contributed by atoms with van der Waals surface area (Å²) in [7, 11) is 1.91. The Morgan fingerprint density at radius 3 is 1.59 bits per heavy atom. The van der Waals surface area contributed by atoms with Gasteiger partial charge in [0, 0.05) is 36.3 Å². The Morgan fingerprint density at radius 1 is 0.672 bits per heavy atom. The molecule has 4 fully saturated rings. The molecule has 13 nitrogen and oxygen atoms in total. The molecule has 0 radical (unpaired) electrons. The maximum Gasteiger partial charge on any atom is 0.325 e. The van der Waals surface area contributed by atoms with Crippen LogP contribution in [0.3, 0.4) is 0 Å². The van der Waals surface area contributed by atoms with Gasteiger partial charge in [-0.3, -0.25) is 29.0 Å². The van der Waals surface area contributed by atoms with Gasteiger partial charge in [-0.1, -0.05) is 99.0 Å². The van der Waals surface area contributed by atoms with Crippen LogP contribution in [0.2, 0.25) is 5.15 Å². The molecule has 2 saturated heterocycles. The number of nitrogens with one attached hydrogen (secondary N) is 2. The average molecular weight is 848 g/mol. The van der Waals surface area contributed by atoms with Crippen LogP contribution >= 0.6 is 11.6 Å². The molecule has 2 aliphatic carbocycles. The summed E-state index contributed by atoms with van der Waals surface area (Å²) in [5.41, 5.74) is 4.02. The molecule has 2 saturated carbocycles. The van der Waals surface area contributed by atoms with Gasteiger partial charge in [0.1, 0.15) is 22.0 Å². The molecule has 2 spiro atoms. The first-order chi connectivity index (χ1) is 29.2. The van der Waals surface area contributed by atoms with Gasteiger partial charge in [-0.15, -0.1) is 0 Å². The van der Waals surface area contributed by atoms with Gasteiger partial charge in [-0.25, -0.2) is 19.6 Å². The Morgan fingerprint density at radius 2 is 1.16 bits per heavy atom. The number of amides is 6. The van der Waals surface area contributed by atoms with Crippen LogP contribution in [0.15, 0.2) is 85.2 Å². The number of hydrogen-bond donors (Lipinski definition) is 2. The number of carbonyl (C=O) groups is 6. The number of rotatable bonds is 9. The molecule has 0 bridgehead atoms. The van der Waals surface area contributed by atoms with Crippen LogP contribution in [-0.4, -0.2) is 86.4 Å². The van der Waals surface area contributed by atoms with E-state index < -0.39 is 23.1 Å². The zero-order valence-corrected chi connectivity index (χ0v) is 36.1. The maximum absolute atomic E-state index is 12.9. The van der Waals surface area contributed by atoms with Crippen LogP contribution in [-0.2, 0) is 16.0 Å². The molecular weight excluding hydrogens is 794 g/mol. The maximum atomic E-state index is 12.9. The standard InChI is InChI=1S/C23H26N4O3.C15H16ClN3O3.C9H12/c1-16-7-6-8-18(13-16)26(2)20-10-9-17(14-24-20)19(28)15-27-21(29)23(25-22(27)30)11-4-3-5-12-23;16-12-5-4-10(8-17-12)11(20)9-19-13(21)15(18-14(19)22)6-2-1-3-7-15;1-3-9-6-4-5-8(2)7-9/h6-10,13-14H,3-5,11-12,15H2,1-2H3,(H,25,30);4-5,8H,1-3,6-7,9H2,(H,18,22);4-7H,3H2,1-2H3. The second-order valence-electron chi connectivity index (χ2n) is 16.3. The van der Waals surface area contributed by atoms with Crippen LogP contribution in [0.4, 0.5) is 21.1 Å². The fourth-order valence-corrected chi connectivity index (χ4v) is 8.40. The van der Waals surface area contributed by atoms with E-state index in [0.717, 1.165) is 66.0 Å². The van der Waals surface area contributed by atoms with Crippen molar-refractivity contribution in [3.8, 4) is 0 Å². The molecule has 4 aliphatic rings. The Kier molecular flexibility index (Phi) is 14.3. The van der Waals surface area contributed by atoms with Crippen LogP contribution in [0.25, 0.3) is 0 Å². The van der Waals surface area contributed by atoms with E-state index in [-0.39, 0.29) is 41.6 Å². The molecule has 61 heavy (non-hydrogen) atoms. The van der Waals surface area contributed by atoms with Gasteiger partial charge >= 0.3 is 12.1 Å². The van der Waals surface area contributed by atoms with E-state index in [1.807, 2.05) is 37.1 Å². The molecule has 2 N–H and O–H groups in total. The van der Waals surface area contributed by atoms with Gasteiger partial charge in [-0.2, -0.15) is 0 Å². The minimum absolute atomic E-state index is 0.263. The highest BCUT2D eigenvalue weighted by Crippen LogP contribution is 2.35. The molecule has 2 aliphatic heterocycles. The van der Waals surface area contributed by atoms with Crippen molar-refractivity contribution < 1.29 is 28.8 Å². The zero-order chi connectivity index (χ0) is 43.7. The van der Waals surface area contributed by atoms with Crippen molar-refractivity contribution in [2.75, 3.05) is 25.0 Å². The van der Waals surface area contributed by atoms with Gasteiger partial charge in [-0.05, 0) is 93.5 Å². The van der Waals surface area contributed by atoms with Crippen molar-refractivity contribution in [1.29, 1.82) is 0 Å². The van der Waals surface area contributed by atoms with Crippen molar-refractivity contribution in [1.82, 2.24) is 30.4 Å². The molecule has 2 aromatic heterocycles. The molecule has 4 aromatic rings. The molecule has 14 heteroatoms. The van der Waals surface area contributed by atoms with E-state index in [9.17, 15) is 28.8 Å². The number of anilines is 2. The Balaban J connectivity index is 0.000000175. The number of nitrogens with zero attached hydrogens (tertiary/aromatic N) is 5. The van der Waals surface area contributed by atoms with E-state index >= 15 is 0 Å². The third kappa shape index (κ3) is 10.5. The highest BCUT2D eigenvalue weighted by Gasteiger charge is 2.52. The lowest BCUT2D eigenvalue weighted by Gasteiger charge is -2.30. The lowest BCUT2D eigenvalue weighted by molar-refractivity contribution is -0.132. The highest BCUT2D eigenvalue weighted by atomic mass is 35.5. The normalized spacial score (nSPS) is 17.5. The second kappa shape index (κ2) is 19.6. The minimum atomic E-state index is -0.811. The number of carbonyl (C=O) groups excluding carboxylic acids is 6. The van der Waals surface area contributed by atoms with Crippen LogP contribution in [0.1, 0.15) is 109 Å². The minimum Gasteiger partial charge on any atom is -0.329 e. The molecule has 4 heterocycles. The van der Waals surface area contributed by atoms with Gasteiger partial charge in [0.15, 0.2) is 11.6 Å². The summed E-state index contributed by atoms with van der Waals surface area (Å²) in [5, 5.41) is 5.90. The highest BCUT2D eigenvalue weighted by molar-refractivity contribution is 6.29. The van der Waals surface area contributed by atoms with Crippen molar-refractivity contribution in [2.24, 2.45) is 0 Å². The van der Waals surface area contributed by atoms with E-state index in [4.69, 9.17) is 11.6 Å². The first-order valence-electron chi connectivity index (χ1n) is 21.0. The second-order valence-corrected chi connectivity index (χ2v) is 16.7. The molecule has 6 amide bonds. The third-order valence-corrected chi connectivity index (χ3v) is 12.1. The number of imide groups is 2. The summed E-state index contributed by atoms with van der Waals surface area (Å²) < 4.78 is 0. The summed E-state index contributed by atoms with van der Waals surface area (Å²) in [6.07, 6.45) is 12.3. The Labute approximate surface area is 362 Å². The topological polar surface area (TPSA) is 162 Å². The van der Waals surface area contributed by atoms with Crippen LogP contribution < -0.4 is 15.5 Å². The molecular formula is C47H54ClN7O6. The number of ketones is 2. The van der Waals surface area contributed by atoms with E-state index in [0.29, 0.717) is 42.6 Å². The summed E-state index contributed by atoms with van der Waals surface area (Å²) in [6.45, 7) is 5.80. The summed E-state index contributed by atoms with van der Waals surface area (Å²) in [4.78, 5) is 87.1. The first kappa shape index (κ1) is 44.6. The smallest absolute Gasteiger partial charge is 0.325 e. The first-order valence-corrected chi connectivity index (χ1v) is 21.4. The molecule has 2 aromatic carbocycles.